The molecule has 0 unspecified atom stereocenters. The highest BCUT2D eigenvalue weighted by molar-refractivity contribution is 14.1. The summed E-state index contributed by atoms with van der Waals surface area (Å²) < 4.78 is 11.5. The molecule has 8 heteroatoms. The molecule has 1 aliphatic rings. The lowest BCUT2D eigenvalue weighted by Gasteiger charge is -2.34. The van der Waals surface area contributed by atoms with Crippen molar-refractivity contribution in [3.05, 3.63) is 37.3 Å². The van der Waals surface area contributed by atoms with E-state index in [4.69, 9.17) is 9.47 Å². The van der Waals surface area contributed by atoms with E-state index in [-0.39, 0.29) is 5.91 Å². The van der Waals surface area contributed by atoms with Crippen molar-refractivity contribution in [2.24, 2.45) is 0 Å². The van der Waals surface area contributed by atoms with E-state index in [0.29, 0.717) is 30.2 Å². The largest absolute Gasteiger partial charge is 0.493 e. The van der Waals surface area contributed by atoms with Crippen LogP contribution in [0, 0.1) is 10.5 Å². The van der Waals surface area contributed by atoms with E-state index in [1.807, 2.05) is 17.9 Å². The molecule has 0 atom stereocenters. The smallest absolute Gasteiger partial charge is 0.255 e. The molecule has 1 fully saturated rings. The summed E-state index contributed by atoms with van der Waals surface area (Å²) in [5, 5.41) is 3.20. The molecule has 2 aromatic rings. The second-order valence-corrected chi connectivity index (χ2v) is 8.34. The Balaban J connectivity index is 1.65. The van der Waals surface area contributed by atoms with Gasteiger partial charge in [-0.25, -0.2) is 4.98 Å². The van der Waals surface area contributed by atoms with Crippen molar-refractivity contribution in [3.63, 3.8) is 0 Å². The summed E-state index contributed by atoms with van der Waals surface area (Å²) in [4.78, 5) is 21.7. The van der Waals surface area contributed by atoms with E-state index in [9.17, 15) is 4.79 Å². The van der Waals surface area contributed by atoms with Gasteiger partial charge in [0.1, 0.15) is 0 Å². The van der Waals surface area contributed by atoms with Crippen molar-refractivity contribution in [3.8, 4) is 11.5 Å². The van der Waals surface area contributed by atoms with Gasteiger partial charge in [-0.3, -0.25) is 9.69 Å². The molecule has 1 amide bonds. The topological polar surface area (TPSA) is 54.9 Å². The number of amides is 1. The monoisotopic (exact) mass is 487 g/mol. The molecule has 1 saturated heterocycles. The van der Waals surface area contributed by atoms with Crippen molar-refractivity contribution < 1.29 is 14.3 Å². The van der Waals surface area contributed by atoms with Crippen LogP contribution in [0.5, 0.6) is 11.5 Å². The number of rotatable bonds is 5. The number of nitrogens with zero attached hydrogens (tertiary/aromatic N) is 3. The van der Waals surface area contributed by atoms with E-state index in [0.717, 1.165) is 33.9 Å². The van der Waals surface area contributed by atoms with Crippen LogP contribution >= 0.6 is 33.9 Å². The number of hydrogen-bond donors (Lipinski definition) is 0. The van der Waals surface area contributed by atoms with Gasteiger partial charge < -0.3 is 14.4 Å². The number of carbonyl (C=O) groups excluding carboxylic acids is 1. The van der Waals surface area contributed by atoms with Crippen LogP contribution < -0.4 is 9.47 Å². The van der Waals surface area contributed by atoms with Gasteiger partial charge in [-0.2, -0.15) is 0 Å². The first-order chi connectivity index (χ1) is 12.5. The normalized spacial score (nSPS) is 15.2. The molecule has 26 heavy (non-hydrogen) atoms. The van der Waals surface area contributed by atoms with Crippen LogP contribution in [0.4, 0.5) is 0 Å². The lowest BCUT2D eigenvalue weighted by molar-refractivity contribution is 0.0626. The minimum atomic E-state index is 0.0412. The third-order valence-corrected chi connectivity index (χ3v) is 6.13. The standard InChI is InChI=1S/C18H22IN3O3S/c1-12-20-13(11-26-12)10-21-4-6-22(7-5-21)18(23)14-8-16(24-2)17(25-3)9-15(14)19/h8-9,11H,4-7,10H2,1-3H3. The second-order valence-electron chi connectivity index (χ2n) is 6.11. The number of thiazole rings is 1. The minimum Gasteiger partial charge on any atom is -0.493 e. The zero-order chi connectivity index (χ0) is 18.7. The molecule has 3 rings (SSSR count). The minimum absolute atomic E-state index is 0.0412. The summed E-state index contributed by atoms with van der Waals surface area (Å²) in [6.45, 7) is 6.01. The molecule has 0 aliphatic carbocycles. The summed E-state index contributed by atoms with van der Waals surface area (Å²) in [5.41, 5.74) is 1.77. The highest BCUT2D eigenvalue weighted by Gasteiger charge is 2.25. The molecule has 1 aromatic heterocycles. The van der Waals surface area contributed by atoms with Gasteiger partial charge in [-0.05, 0) is 41.6 Å². The number of hydrogen-bond acceptors (Lipinski definition) is 6. The Bertz CT molecular complexity index is 788. The van der Waals surface area contributed by atoms with Gasteiger partial charge >= 0.3 is 0 Å². The van der Waals surface area contributed by atoms with Crippen LogP contribution in [0.15, 0.2) is 17.5 Å². The molecule has 0 saturated carbocycles. The van der Waals surface area contributed by atoms with Gasteiger partial charge in [0.15, 0.2) is 11.5 Å². The predicted octanol–water partition coefficient (Wildman–Crippen LogP) is 3.03. The average Bonchev–Trinajstić information content (AvgIpc) is 3.06. The van der Waals surface area contributed by atoms with E-state index >= 15 is 0 Å². The zero-order valence-corrected chi connectivity index (χ0v) is 18.1. The van der Waals surface area contributed by atoms with Crippen LogP contribution in [0.25, 0.3) is 0 Å². The number of aromatic nitrogens is 1. The van der Waals surface area contributed by atoms with E-state index in [1.54, 1.807) is 31.6 Å². The van der Waals surface area contributed by atoms with Crippen LogP contribution in [0.3, 0.4) is 0 Å². The zero-order valence-electron chi connectivity index (χ0n) is 15.1. The lowest BCUT2D eigenvalue weighted by Crippen LogP contribution is -2.48. The maximum atomic E-state index is 13.0. The number of benzene rings is 1. The Morgan fingerprint density at radius 3 is 2.42 bits per heavy atom. The van der Waals surface area contributed by atoms with Crippen molar-refractivity contribution in [1.82, 2.24) is 14.8 Å². The van der Waals surface area contributed by atoms with E-state index in [2.05, 4.69) is 37.9 Å². The third-order valence-electron chi connectivity index (χ3n) is 4.42. The maximum Gasteiger partial charge on any atom is 0.255 e. The Kier molecular flexibility index (Phi) is 6.36. The van der Waals surface area contributed by atoms with Crippen molar-refractivity contribution in [2.45, 2.75) is 13.5 Å². The van der Waals surface area contributed by atoms with Gasteiger partial charge in [-0.15, -0.1) is 11.3 Å². The Morgan fingerprint density at radius 2 is 1.85 bits per heavy atom. The fourth-order valence-corrected chi connectivity index (χ4v) is 4.28. The maximum absolute atomic E-state index is 13.0. The highest BCUT2D eigenvalue weighted by atomic mass is 127. The molecular weight excluding hydrogens is 465 g/mol. The summed E-state index contributed by atoms with van der Waals surface area (Å²) >= 11 is 3.85. The van der Waals surface area contributed by atoms with Crippen LogP contribution in [-0.4, -0.2) is 61.1 Å². The summed E-state index contributed by atoms with van der Waals surface area (Å²) in [7, 11) is 3.18. The third kappa shape index (κ3) is 4.29. The molecule has 140 valence electrons. The van der Waals surface area contributed by atoms with Crippen molar-refractivity contribution >= 4 is 39.8 Å². The summed E-state index contributed by atoms with van der Waals surface area (Å²) in [6, 6.07) is 3.61. The highest BCUT2D eigenvalue weighted by Crippen LogP contribution is 2.32. The summed E-state index contributed by atoms with van der Waals surface area (Å²) in [5.74, 6) is 1.25. The van der Waals surface area contributed by atoms with E-state index in [1.165, 1.54) is 0 Å². The molecule has 6 nitrogen and oxygen atoms in total. The first-order valence-corrected chi connectivity index (χ1v) is 10.3. The van der Waals surface area contributed by atoms with Crippen LogP contribution in [-0.2, 0) is 6.54 Å². The first-order valence-electron chi connectivity index (χ1n) is 8.36. The summed E-state index contributed by atoms with van der Waals surface area (Å²) in [6.07, 6.45) is 0. The Labute approximate surface area is 171 Å². The number of methoxy groups -OCH3 is 2. The SMILES string of the molecule is COc1cc(I)c(C(=O)N2CCN(Cc3csc(C)n3)CC2)cc1OC. The molecule has 0 N–H and O–H groups in total. The lowest BCUT2D eigenvalue weighted by atomic mass is 10.1. The molecule has 0 bridgehead atoms. The first kappa shape index (κ1) is 19.4. The fraction of sp³-hybridized carbons (Fsp3) is 0.444. The second kappa shape index (κ2) is 8.53. The van der Waals surface area contributed by atoms with Gasteiger partial charge in [0.05, 0.1) is 30.5 Å². The van der Waals surface area contributed by atoms with Crippen LogP contribution in [0.1, 0.15) is 21.1 Å². The van der Waals surface area contributed by atoms with Crippen molar-refractivity contribution in [1.29, 1.82) is 0 Å². The van der Waals surface area contributed by atoms with Crippen LogP contribution in [0.2, 0.25) is 0 Å². The van der Waals surface area contributed by atoms with Gasteiger partial charge in [0, 0.05) is 41.7 Å². The van der Waals surface area contributed by atoms with E-state index < -0.39 is 0 Å². The molecule has 0 spiro atoms. The molecule has 1 aliphatic heterocycles. The number of ether oxygens (including phenoxy) is 2. The molecule has 0 radical (unpaired) electrons. The van der Waals surface area contributed by atoms with Gasteiger partial charge in [-0.1, -0.05) is 0 Å². The van der Waals surface area contributed by atoms with Gasteiger partial charge in [0.2, 0.25) is 0 Å². The number of carbonyl (C=O) groups is 1. The molecular formula is C18H22IN3O3S. The van der Waals surface area contributed by atoms with Crippen molar-refractivity contribution in [2.75, 3.05) is 40.4 Å². The average molecular weight is 487 g/mol. The quantitative estimate of drug-likeness (QED) is 0.608. The predicted molar refractivity (Wildman–Crippen MR) is 110 cm³/mol. The number of aryl methyl sites for hydroxylation is 1. The molecule has 1 aromatic carbocycles. The number of piperazine rings is 1. The Morgan fingerprint density at radius 1 is 1.19 bits per heavy atom. The van der Waals surface area contributed by atoms with Gasteiger partial charge in [0.25, 0.3) is 5.91 Å². The number of halogens is 1. The fourth-order valence-electron chi connectivity index (χ4n) is 3.01. The molecule has 2 heterocycles. The Hall–Kier alpha value is -1.39.